The molecular weight excluding hydrogens is 669 g/mol. The molecule has 1 fully saturated rings. The molecule has 0 aromatic heterocycles. The average molecular weight is 707 g/mol. The number of ether oxygens (including phenoxy) is 2. The quantitative estimate of drug-likeness (QED) is 0.122. The third-order valence-corrected chi connectivity index (χ3v) is 11.3. The van der Waals surface area contributed by atoms with Crippen molar-refractivity contribution in [3.8, 4) is 0 Å². The Morgan fingerprint density at radius 3 is 1.48 bits per heavy atom. The van der Waals surface area contributed by atoms with E-state index in [0.29, 0.717) is 18.7 Å². The molecule has 0 atom stereocenters. The molecule has 0 radical (unpaired) electrons. The van der Waals surface area contributed by atoms with Gasteiger partial charge in [0.1, 0.15) is 5.57 Å². The molecule has 4 amide bonds. The molecule has 0 saturated carbocycles. The average Bonchev–Trinajstić information content (AvgIpc) is 3.68. The van der Waals surface area contributed by atoms with Gasteiger partial charge >= 0.3 is 6.03 Å². The lowest BCUT2D eigenvalue weighted by molar-refractivity contribution is -0.136. The summed E-state index contributed by atoms with van der Waals surface area (Å²) in [6.07, 6.45) is 3.88. The van der Waals surface area contributed by atoms with Gasteiger partial charge < -0.3 is 19.3 Å². The number of hydrogen-bond donors (Lipinski definition) is 0. The fraction of sp³-hybridized carbons (Fsp3) is 0.256. The van der Waals surface area contributed by atoms with Crippen molar-refractivity contribution in [3.05, 3.63) is 106 Å². The van der Waals surface area contributed by atoms with Crippen LogP contribution in [0.1, 0.15) is 13.8 Å². The number of carbonyl (C=O) groups is 3. The third kappa shape index (κ3) is 5.87. The molecule has 3 heterocycles. The van der Waals surface area contributed by atoms with Gasteiger partial charge in [0.15, 0.2) is 0 Å². The summed E-state index contributed by atoms with van der Waals surface area (Å²) in [6, 6.07) is 24.4. The van der Waals surface area contributed by atoms with Gasteiger partial charge in [-0.1, -0.05) is 84.2 Å². The van der Waals surface area contributed by atoms with Crippen molar-refractivity contribution in [1.82, 2.24) is 9.80 Å². The number of methoxy groups -OCH3 is 2. The van der Waals surface area contributed by atoms with Crippen LogP contribution in [0.3, 0.4) is 0 Å². The van der Waals surface area contributed by atoms with Crippen LogP contribution in [0.2, 0.25) is 0 Å². The molecule has 0 unspecified atom stereocenters. The first-order valence-electron chi connectivity index (χ1n) is 16.7. The highest BCUT2D eigenvalue weighted by Gasteiger charge is 2.43. The maximum atomic E-state index is 14.4. The summed E-state index contributed by atoms with van der Waals surface area (Å²) in [7, 11) is 3.03. The number of rotatable bonds is 10. The number of barbiturate groups is 1. The smallest absolute Gasteiger partial charge is 0.334 e. The Bertz CT molecular complexity index is 1980. The van der Waals surface area contributed by atoms with Crippen LogP contribution in [0.4, 0.5) is 16.2 Å². The lowest BCUT2D eigenvalue weighted by atomic mass is 10.0. The summed E-state index contributed by atoms with van der Waals surface area (Å²) in [5.74, 6) is -1.28. The lowest BCUT2D eigenvalue weighted by Crippen LogP contribution is -2.58. The van der Waals surface area contributed by atoms with E-state index < -0.39 is 17.8 Å². The van der Waals surface area contributed by atoms with E-state index >= 15 is 0 Å². The van der Waals surface area contributed by atoms with Gasteiger partial charge in [0, 0.05) is 47.9 Å². The first kappa shape index (κ1) is 33.9. The molecule has 4 aromatic rings. The van der Waals surface area contributed by atoms with Gasteiger partial charge in [0.25, 0.3) is 11.8 Å². The molecule has 3 aliphatic rings. The van der Waals surface area contributed by atoms with E-state index in [1.165, 1.54) is 14.2 Å². The Balaban J connectivity index is 1.43. The van der Waals surface area contributed by atoms with Gasteiger partial charge in [-0.3, -0.25) is 19.4 Å². The van der Waals surface area contributed by atoms with E-state index in [-0.39, 0.29) is 31.9 Å². The minimum absolute atomic E-state index is 0.00931. The van der Waals surface area contributed by atoms with Crippen molar-refractivity contribution < 1.29 is 23.9 Å². The van der Waals surface area contributed by atoms with E-state index in [2.05, 4.69) is 72.2 Å². The molecular formula is C39H38N4O5S2. The van der Waals surface area contributed by atoms with Crippen molar-refractivity contribution >= 4 is 74.3 Å². The molecule has 9 nitrogen and oxygen atoms in total. The van der Waals surface area contributed by atoms with Gasteiger partial charge in [-0.15, -0.1) is 0 Å². The van der Waals surface area contributed by atoms with Crippen LogP contribution < -0.4 is 9.80 Å². The maximum absolute atomic E-state index is 14.4. The normalized spacial score (nSPS) is 17.7. The Hall–Kier alpha value is -4.55. The number of nitrogens with zero attached hydrogens (tertiary/aromatic N) is 4. The predicted octanol–water partition coefficient (Wildman–Crippen LogP) is 7.62. The summed E-state index contributed by atoms with van der Waals surface area (Å²) < 4.78 is 10.5. The van der Waals surface area contributed by atoms with Gasteiger partial charge in [-0.25, -0.2) is 4.79 Å². The number of imide groups is 2. The Morgan fingerprint density at radius 1 is 0.620 bits per heavy atom. The second-order valence-electron chi connectivity index (χ2n) is 11.9. The van der Waals surface area contributed by atoms with E-state index in [1.807, 2.05) is 36.4 Å². The zero-order valence-electron chi connectivity index (χ0n) is 28.5. The zero-order valence-corrected chi connectivity index (χ0v) is 30.1. The fourth-order valence-electron chi connectivity index (χ4n) is 6.73. The molecule has 0 spiro atoms. The van der Waals surface area contributed by atoms with Gasteiger partial charge in [0.05, 0.1) is 47.7 Å². The SMILES string of the molecule is CCN1C(=CC(C=C2Sc3ccc4ccccc4c3N2CC)=C2C(=O)N(CCOC)C(=O)N(CCOC)C2=O)Sc2ccc3ccccc3c21. The molecule has 1 saturated heterocycles. The second-order valence-corrected chi connectivity index (χ2v) is 14.1. The maximum Gasteiger partial charge on any atom is 0.334 e. The highest BCUT2D eigenvalue weighted by atomic mass is 32.2. The van der Waals surface area contributed by atoms with Crippen LogP contribution in [-0.2, 0) is 19.1 Å². The van der Waals surface area contributed by atoms with Crippen molar-refractivity contribution in [2.45, 2.75) is 23.6 Å². The molecule has 11 heteroatoms. The third-order valence-electron chi connectivity index (χ3n) is 9.13. The highest BCUT2D eigenvalue weighted by molar-refractivity contribution is 8.04. The molecule has 0 N–H and O–H groups in total. The topological polar surface area (TPSA) is 82.6 Å². The van der Waals surface area contributed by atoms with Crippen LogP contribution >= 0.6 is 23.5 Å². The lowest BCUT2D eigenvalue weighted by Gasteiger charge is -2.34. The molecule has 0 aliphatic carbocycles. The number of anilines is 2. The monoisotopic (exact) mass is 706 g/mol. The predicted molar refractivity (Wildman–Crippen MR) is 201 cm³/mol. The second kappa shape index (κ2) is 14.4. The minimum Gasteiger partial charge on any atom is -0.383 e. The Kier molecular flexibility index (Phi) is 9.74. The fourth-order valence-corrected chi connectivity index (χ4v) is 9.12. The molecule has 256 valence electrons. The summed E-state index contributed by atoms with van der Waals surface area (Å²) >= 11 is 3.22. The molecule has 3 aliphatic heterocycles. The number of hydrogen-bond acceptors (Lipinski definition) is 9. The zero-order chi connectivity index (χ0) is 34.9. The molecule has 0 bridgehead atoms. The van der Waals surface area contributed by atoms with Gasteiger partial charge in [0.2, 0.25) is 0 Å². The van der Waals surface area contributed by atoms with Crippen LogP contribution in [0.15, 0.2) is 116 Å². The van der Waals surface area contributed by atoms with Crippen LogP contribution in [0.25, 0.3) is 21.5 Å². The van der Waals surface area contributed by atoms with E-state index in [1.54, 1.807) is 23.5 Å². The number of allylic oxidation sites excluding steroid dienone is 3. The van der Waals surface area contributed by atoms with Gasteiger partial charge in [-0.05, 0) is 54.5 Å². The van der Waals surface area contributed by atoms with Crippen molar-refractivity contribution in [3.63, 3.8) is 0 Å². The Labute approximate surface area is 300 Å². The van der Waals surface area contributed by atoms with Crippen molar-refractivity contribution in [2.24, 2.45) is 0 Å². The molecule has 4 aromatic carbocycles. The number of benzene rings is 4. The van der Waals surface area contributed by atoms with E-state index in [9.17, 15) is 14.4 Å². The summed E-state index contributed by atoms with van der Waals surface area (Å²) in [5.41, 5.74) is 2.58. The standard InChI is InChI=1S/C39H38N4O5S2/c1-5-40-32(49-30-17-15-25-11-7-9-13-28(25)35(30)40)23-27(34-37(44)42(19-21-47-3)39(46)43(38(34)45)20-22-48-4)24-33-41(6-2)36-29-14-10-8-12-26(29)16-18-31(36)50-33/h7-18,23-24H,5-6,19-22H2,1-4H3. The minimum atomic E-state index is -0.675. The van der Waals surface area contributed by atoms with E-state index in [4.69, 9.17) is 9.47 Å². The highest BCUT2D eigenvalue weighted by Crippen LogP contribution is 2.52. The number of thioether (sulfide) groups is 2. The van der Waals surface area contributed by atoms with Crippen molar-refractivity contribution in [2.75, 3.05) is 63.4 Å². The number of amides is 4. The van der Waals surface area contributed by atoms with Crippen molar-refractivity contribution in [1.29, 1.82) is 0 Å². The first-order chi connectivity index (χ1) is 24.4. The summed E-state index contributed by atoms with van der Waals surface area (Å²) in [4.78, 5) is 51.2. The Morgan fingerprint density at radius 2 is 1.06 bits per heavy atom. The summed E-state index contributed by atoms with van der Waals surface area (Å²) in [6.45, 7) is 5.83. The first-order valence-corrected chi connectivity index (χ1v) is 18.3. The van der Waals surface area contributed by atoms with E-state index in [0.717, 1.165) is 62.6 Å². The molecule has 7 rings (SSSR count). The number of urea groups is 1. The van der Waals surface area contributed by atoms with Gasteiger partial charge in [-0.2, -0.15) is 0 Å². The van der Waals surface area contributed by atoms with Crippen LogP contribution in [0.5, 0.6) is 0 Å². The number of carbonyl (C=O) groups excluding carboxylic acids is 3. The van der Waals surface area contributed by atoms with Crippen LogP contribution in [0, 0.1) is 0 Å². The largest absolute Gasteiger partial charge is 0.383 e. The van der Waals surface area contributed by atoms with Crippen LogP contribution in [-0.4, -0.2) is 81.3 Å². The number of fused-ring (bicyclic) bond motifs is 6. The summed E-state index contributed by atoms with van der Waals surface area (Å²) in [5, 5.41) is 6.31. The molecule has 50 heavy (non-hydrogen) atoms.